The van der Waals surface area contributed by atoms with Crippen molar-refractivity contribution in [1.29, 1.82) is 0 Å². The molecule has 0 aliphatic carbocycles. The molecule has 0 saturated heterocycles. The lowest BCUT2D eigenvalue weighted by Gasteiger charge is -2.27. The van der Waals surface area contributed by atoms with E-state index in [1.165, 1.54) is 14.2 Å². The molecule has 0 fully saturated rings. The van der Waals surface area contributed by atoms with Gasteiger partial charge in [-0.25, -0.2) is 0 Å². The minimum Gasteiger partial charge on any atom is -0.497 e. The molecule has 0 bridgehead atoms. The number of ether oxygens (including phenoxy) is 2. The molecule has 0 radical (unpaired) electrons. The van der Waals surface area contributed by atoms with E-state index in [1.807, 2.05) is 6.92 Å². The van der Waals surface area contributed by atoms with E-state index in [9.17, 15) is 9.90 Å². The number of nitrogens with two attached hydrogens (primary N) is 1. The topological polar surface area (TPSA) is 93.8 Å². The maximum atomic E-state index is 12.3. The van der Waals surface area contributed by atoms with Crippen molar-refractivity contribution in [1.82, 2.24) is 5.32 Å². The van der Waals surface area contributed by atoms with E-state index >= 15 is 0 Å². The molecule has 0 spiro atoms. The normalized spacial score (nSPS) is 13.4. The van der Waals surface area contributed by atoms with Gasteiger partial charge in [0.1, 0.15) is 11.5 Å². The second kappa shape index (κ2) is 6.47. The van der Waals surface area contributed by atoms with Crippen molar-refractivity contribution >= 4 is 11.6 Å². The average molecular weight is 282 g/mol. The van der Waals surface area contributed by atoms with Gasteiger partial charge in [0.05, 0.1) is 37.6 Å². The number of methoxy groups -OCH3 is 2. The predicted molar refractivity (Wildman–Crippen MR) is 77.2 cm³/mol. The van der Waals surface area contributed by atoms with E-state index in [0.29, 0.717) is 17.9 Å². The number of hydrogen-bond acceptors (Lipinski definition) is 5. The van der Waals surface area contributed by atoms with Crippen LogP contribution in [0.5, 0.6) is 11.5 Å². The van der Waals surface area contributed by atoms with Crippen LogP contribution in [0.2, 0.25) is 0 Å². The average Bonchev–Trinajstić information content (AvgIpc) is 2.47. The third kappa shape index (κ3) is 3.33. The Morgan fingerprint density at radius 1 is 1.40 bits per heavy atom. The van der Waals surface area contributed by atoms with Crippen LogP contribution in [0.1, 0.15) is 30.6 Å². The van der Waals surface area contributed by atoms with Crippen LogP contribution in [0, 0.1) is 0 Å². The monoisotopic (exact) mass is 282 g/mol. The Bertz CT molecular complexity index is 484. The number of amides is 1. The van der Waals surface area contributed by atoms with Crippen LogP contribution in [0.4, 0.5) is 5.69 Å². The lowest BCUT2D eigenvalue weighted by molar-refractivity contribution is 0.0847. The molecule has 6 nitrogen and oxygen atoms in total. The summed E-state index contributed by atoms with van der Waals surface area (Å²) in [4.78, 5) is 12.3. The van der Waals surface area contributed by atoms with Crippen LogP contribution < -0.4 is 20.5 Å². The molecule has 1 aromatic rings. The van der Waals surface area contributed by atoms with E-state index < -0.39 is 5.54 Å². The summed E-state index contributed by atoms with van der Waals surface area (Å²) in [5, 5.41) is 12.1. The van der Waals surface area contributed by atoms with Gasteiger partial charge in [0.2, 0.25) is 0 Å². The smallest absolute Gasteiger partial charge is 0.254 e. The minimum atomic E-state index is -0.695. The van der Waals surface area contributed by atoms with Crippen molar-refractivity contribution in [3.05, 3.63) is 17.7 Å². The Morgan fingerprint density at radius 3 is 2.50 bits per heavy atom. The molecule has 1 amide bonds. The van der Waals surface area contributed by atoms with Crippen LogP contribution >= 0.6 is 0 Å². The number of aliphatic hydroxyl groups is 1. The second-order valence-electron chi connectivity index (χ2n) is 4.82. The van der Waals surface area contributed by atoms with Crippen LogP contribution in [-0.2, 0) is 0 Å². The number of aliphatic hydroxyl groups excluding tert-OH is 1. The van der Waals surface area contributed by atoms with E-state index in [0.717, 1.165) is 0 Å². The van der Waals surface area contributed by atoms with Crippen LogP contribution in [0.25, 0.3) is 0 Å². The summed E-state index contributed by atoms with van der Waals surface area (Å²) in [6.45, 7) is 3.49. The van der Waals surface area contributed by atoms with Crippen molar-refractivity contribution < 1.29 is 19.4 Å². The summed E-state index contributed by atoms with van der Waals surface area (Å²) >= 11 is 0. The van der Waals surface area contributed by atoms with Crippen LogP contribution in [0.15, 0.2) is 12.1 Å². The van der Waals surface area contributed by atoms with Gasteiger partial charge in [-0.15, -0.1) is 0 Å². The molecule has 0 saturated carbocycles. The first-order valence-electron chi connectivity index (χ1n) is 6.35. The van der Waals surface area contributed by atoms with E-state index in [2.05, 4.69) is 5.32 Å². The molecule has 0 aliphatic rings. The standard InChI is InChI=1S/C14H22N2O4/c1-5-14(2,8-17)16-13(18)10-6-9(19-3)7-11(20-4)12(10)15/h6-7,17H,5,8,15H2,1-4H3,(H,16,18). The fourth-order valence-electron chi connectivity index (χ4n) is 1.66. The molecule has 4 N–H and O–H groups in total. The van der Waals surface area contributed by atoms with Gasteiger partial charge in [-0.2, -0.15) is 0 Å². The molecule has 112 valence electrons. The van der Waals surface area contributed by atoms with Gasteiger partial charge in [-0.3, -0.25) is 4.79 Å². The Labute approximate surface area is 118 Å². The zero-order chi connectivity index (χ0) is 15.3. The van der Waals surface area contributed by atoms with E-state index in [-0.39, 0.29) is 23.8 Å². The van der Waals surface area contributed by atoms with Crippen molar-refractivity contribution in [2.75, 3.05) is 26.6 Å². The fourth-order valence-corrected chi connectivity index (χ4v) is 1.66. The highest BCUT2D eigenvalue weighted by Gasteiger charge is 2.26. The molecule has 6 heteroatoms. The lowest BCUT2D eigenvalue weighted by atomic mass is 9.99. The Kier molecular flexibility index (Phi) is 5.21. The quantitative estimate of drug-likeness (QED) is 0.681. The van der Waals surface area contributed by atoms with E-state index in [1.54, 1.807) is 19.1 Å². The number of rotatable bonds is 6. The first-order valence-corrected chi connectivity index (χ1v) is 6.35. The third-order valence-corrected chi connectivity index (χ3v) is 3.36. The van der Waals surface area contributed by atoms with Crippen molar-refractivity contribution in [3.8, 4) is 11.5 Å². The molecule has 0 aromatic heterocycles. The fraction of sp³-hybridized carbons (Fsp3) is 0.500. The number of nitrogen functional groups attached to an aromatic ring is 1. The maximum Gasteiger partial charge on any atom is 0.254 e. The van der Waals surface area contributed by atoms with Gasteiger partial charge in [0, 0.05) is 6.07 Å². The van der Waals surface area contributed by atoms with Gasteiger partial charge in [-0.1, -0.05) is 6.92 Å². The molecule has 1 rings (SSSR count). The summed E-state index contributed by atoms with van der Waals surface area (Å²) in [6, 6.07) is 3.15. The number of carbonyl (C=O) groups is 1. The number of nitrogens with one attached hydrogen (secondary N) is 1. The van der Waals surface area contributed by atoms with Gasteiger partial charge in [0.25, 0.3) is 5.91 Å². The summed E-state index contributed by atoms with van der Waals surface area (Å²) in [5.41, 5.74) is 5.72. The van der Waals surface area contributed by atoms with Gasteiger partial charge < -0.3 is 25.6 Å². The Morgan fingerprint density at radius 2 is 2.05 bits per heavy atom. The Hall–Kier alpha value is -1.95. The van der Waals surface area contributed by atoms with Crippen molar-refractivity contribution in [2.24, 2.45) is 0 Å². The summed E-state index contributed by atoms with van der Waals surface area (Å²) < 4.78 is 10.2. The van der Waals surface area contributed by atoms with Gasteiger partial charge >= 0.3 is 0 Å². The van der Waals surface area contributed by atoms with Crippen molar-refractivity contribution in [2.45, 2.75) is 25.8 Å². The highest BCUT2D eigenvalue weighted by molar-refractivity contribution is 6.01. The molecule has 0 heterocycles. The zero-order valence-electron chi connectivity index (χ0n) is 12.3. The van der Waals surface area contributed by atoms with Crippen LogP contribution in [0.3, 0.4) is 0 Å². The lowest BCUT2D eigenvalue weighted by Crippen LogP contribution is -2.48. The minimum absolute atomic E-state index is 0.156. The third-order valence-electron chi connectivity index (χ3n) is 3.36. The van der Waals surface area contributed by atoms with Gasteiger partial charge in [-0.05, 0) is 19.4 Å². The second-order valence-corrected chi connectivity index (χ2v) is 4.82. The zero-order valence-corrected chi connectivity index (χ0v) is 12.3. The summed E-state index contributed by atoms with van der Waals surface area (Å²) in [7, 11) is 2.97. The molecule has 1 aromatic carbocycles. The SMILES string of the molecule is CCC(C)(CO)NC(=O)c1cc(OC)cc(OC)c1N. The molecule has 1 unspecified atom stereocenters. The first kappa shape index (κ1) is 16.1. The molecular formula is C14H22N2O4. The van der Waals surface area contributed by atoms with Crippen LogP contribution in [-0.4, -0.2) is 37.4 Å². The first-order chi connectivity index (χ1) is 9.40. The Balaban J connectivity index is 3.15. The largest absolute Gasteiger partial charge is 0.497 e. The number of carbonyl (C=O) groups excluding carboxylic acids is 1. The molecule has 20 heavy (non-hydrogen) atoms. The number of benzene rings is 1. The highest BCUT2D eigenvalue weighted by atomic mass is 16.5. The van der Waals surface area contributed by atoms with E-state index in [4.69, 9.17) is 15.2 Å². The van der Waals surface area contributed by atoms with Crippen molar-refractivity contribution in [3.63, 3.8) is 0 Å². The molecule has 0 aliphatic heterocycles. The summed E-state index contributed by atoms with van der Waals surface area (Å²) in [6.07, 6.45) is 0.594. The number of anilines is 1. The highest BCUT2D eigenvalue weighted by Crippen LogP contribution is 2.31. The number of hydrogen-bond donors (Lipinski definition) is 3. The predicted octanol–water partition coefficient (Wildman–Crippen LogP) is 1.18. The molecule has 1 atom stereocenters. The summed E-state index contributed by atoms with van der Waals surface area (Å²) in [5.74, 6) is 0.471. The molecular weight excluding hydrogens is 260 g/mol. The van der Waals surface area contributed by atoms with Gasteiger partial charge in [0.15, 0.2) is 0 Å². The maximum absolute atomic E-state index is 12.3.